The minimum atomic E-state index is -0.0575. The van der Waals surface area contributed by atoms with Gasteiger partial charge < -0.3 is 10.2 Å². The summed E-state index contributed by atoms with van der Waals surface area (Å²) in [4.78, 5) is 27.4. The maximum Gasteiger partial charge on any atom is 0.253 e. The molecule has 4 heteroatoms. The Morgan fingerprint density at radius 3 is 2.07 bits per heavy atom. The monoisotopic (exact) mass is 408 g/mol. The van der Waals surface area contributed by atoms with E-state index in [0.717, 1.165) is 5.56 Å². The molecule has 0 aliphatic carbocycles. The lowest BCUT2D eigenvalue weighted by Crippen LogP contribution is -2.38. The van der Waals surface area contributed by atoms with Gasteiger partial charge in [0.1, 0.15) is 0 Å². The second-order valence-electron chi connectivity index (χ2n) is 9.42. The second-order valence-corrected chi connectivity index (χ2v) is 9.42. The van der Waals surface area contributed by atoms with E-state index in [9.17, 15) is 9.59 Å². The molecule has 0 saturated heterocycles. The maximum atomic E-state index is 13.1. The average Bonchev–Trinajstić information content (AvgIpc) is 2.70. The zero-order chi connectivity index (χ0) is 22.3. The standard InChI is InChI=1S/C26H36N2O2/c1-19(2)18-28(25(30)22-12-14-23(15-13-22)26(4,5)6)17-16-24(29)27-20(3)21-10-8-7-9-11-21/h7-15,19-20H,16-18H2,1-6H3,(H,27,29). The first-order valence-corrected chi connectivity index (χ1v) is 10.8. The van der Waals surface area contributed by atoms with Crippen LogP contribution in [0.15, 0.2) is 54.6 Å². The van der Waals surface area contributed by atoms with Crippen LogP contribution in [-0.4, -0.2) is 29.8 Å². The molecule has 0 spiro atoms. The van der Waals surface area contributed by atoms with Crippen molar-refractivity contribution >= 4 is 11.8 Å². The topological polar surface area (TPSA) is 49.4 Å². The average molecular weight is 409 g/mol. The predicted molar refractivity (Wildman–Crippen MR) is 124 cm³/mol. The lowest BCUT2D eigenvalue weighted by atomic mass is 9.86. The largest absolute Gasteiger partial charge is 0.350 e. The van der Waals surface area contributed by atoms with E-state index in [1.54, 1.807) is 4.90 Å². The Labute approximate surface area is 181 Å². The Kier molecular flexibility index (Phi) is 8.22. The van der Waals surface area contributed by atoms with E-state index in [1.165, 1.54) is 5.56 Å². The molecule has 1 atom stereocenters. The third-order valence-corrected chi connectivity index (χ3v) is 5.16. The molecule has 0 aromatic heterocycles. The first-order valence-electron chi connectivity index (χ1n) is 10.8. The molecule has 2 aromatic carbocycles. The summed E-state index contributed by atoms with van der Waals surface area (Å²) in [6, 6.07) is 17.7. The molecule has 0 aliphatic heterocycles. The number of amides is 2. The molecule has 2 amide bonds. The van der Waals surface area contributed by atoms with Gasteiger partial charge in [0.05, 0.1) is 6.04 Å². The Balaban J connectivity index is 2.01. The van der Waals surface area contributed by atoms with E-state index < -0.39 is 0 Å². The molecule has 1 unspecified atom stereocenters. The SMILES string of the molecule is CC(C)CN(CCC(=O)NC(C)c1ccccc1)C(=O)c1ccc(C(C)(C)C)cc1. The highest BCUT2D eigenvalue weighted by Crippen LogP contribution is 2.22. The summed E-state index contributed by atoms with van der Waals surface area (Å²) in [6.45, 7) is 13.6. The van der Waals surface area contributed by atoms with E-state index in [0.29, 0.717) is 24.6 Å². The highest BCUT2D eigenvalue weighted by atomic mass is 16.2. The molecule has 0 fully saturated rings. The van der Waals surface area contributed by atoms with E-state index in [2.05, 4.69) is 39.9 Å². The van der Waals surface area contributed by atoms with Crippen molar-refractivity contribution in [1.82, 2.24) is 10.2 Å². The quantitative estimate of drug-likeness (QED) is 0.640. The molecule has 1 N–H and O–H groups in total. The number of nitrogens with one attached hydrogen (secondary N) is 1. The molecule has 0 bridgehead atoms. The molecular weight excluding hydrogens is 372 g/mol. The molecule has 2 rings (SSSR count). The normalized spacial score (nSPS) is 12.5. The number of rotatable bonds is 8. The smallest absolute Gasteiger partial charge is 0.253 e. The molecule has 162 valence electrons. The van der Waals surface area contributed by atoms with E-state index in [1.807, 2.05) is 61.5 Å². The number of hydrogen-bond acceptors (Lipinski definition) is 2. The fourth-order valence-electron chi connectivity index (χ4n) is 3.39. The van der Waals surface area contributed by atoms with Crippen LogP contribution in [0.4, 0.5) is 0 Å². The summed E-state index contributed by atoms with van der Waals surface area (Å²) in [5.74, 6) is 0.262. The zero-order valence-electron chi connectivity index (χ0n) is 19.2. The van der Waals surface area contributed by atoms with Crippen molar-refractivity contribution in [3.05, 3.63) is 71.3 Å². The van der Waals surface area contributed by atoms with Crippen LogP contribution >= 0.6 is 0 Å². The number of nitrogens with zero attached hydrogens (tertiary/aromatic N) is 1. The van der Waals surface area contributed by atoms with Crippen molar-refractivity contribution in [2.24, 2.45) is 5.92 Å². The molecule has 0 aliphatic rings. The third-order valence-electron chi connectivity index (χ3n) is 5.16. The molecule has 0 heterocycles. The highest BCUT2D eigenvalue weighted by Gasteiger charge is 2.20. The number of carbonyl (C=O) groups excluding carboxylic acids is 2. The van der Waals surface area contributed by atoms with Crippen LogP contribution in [0, 0.1) is 5.92 Å². The van der Waals surface area contributed by atoms with E-state index in [4.69, 9.17) is 0 Å². The van der Waals surface area contributed by atoms with Gasteiger partial charge in [-0.05, 0) is 41.5 Å². The summed E-state index contributed by atoms with van der Waals surface area (Å²) < 4.78 is 0. The van der Waals surface area contributed by atoms with Crippen molar-refractivity contribution < 1.29 is 9.59 Å². The van der Waals surface area contributed by atoms with Gasteiger partial charge in [0.15, 0.2) is 0 Å². The summed E-state index contributed by atoms with van der Waals surface area (Å²) in [5.41, 5.74) is 2.98. The van der Waals surface area contributed by atoms with Crippen molar-refractivity contribution in [2.45, 2.75) is 59.4 Å². The van der Waals surface area contributed by atoms with Crippen molar-refractivity contribution in [1.29, 1.82) is 0 Å². The first-order chi connectivity index (χ1) is 14.1. The molecule has 0 radical (unpaired) electrons. The van der Waals surface area contributed by atoms with Gasteiger partial charge in [-0.2, -0.15) is 0 Å². The van der Waals surface area contributed by atoms with Gasteiger partial charge >= 0.3 is 0 Å². The minimum Gasteiger partial charge on any atom is -0.350 e. The summed E-state index contributed by atoms with van der Waals surface area (Å²) in [7, 11) is 0. The van der Waals surface area contributed by atoms with Gasteiger partial charge in [-0.3, -0.25) is 9.59 Å². The molecule has 0 saturated carbocycles. The van der Waals surface area contributed by atoms with Gasteiger partial charge in [-0.15, -0.1) is 0 Å². The van der Waals surface area contributed by atoms with Crippen molar-refractivity contribution in [3.63, 3.8) is 0 Å². The molecule has 30 heavy (non-hydrogen) atoms. The Hall–Kier alpha value is -2.62. The van der Waals surface area contributed by atoms with Crippen LogP contribution in [0.5, 0.6) is 0 Å². The molecular formula is C26H36N2O2. The summed E-state index contributed by atoms with van der Waals surface area (Å²) in [6.07, 6.45) is 0.287. The third kappa shape index (κ3) is 7.01. The Bertz CT molecular complexity index is 820. The minimum absolute atomic E-state index is 0.0203. The predicted octanol–water partition coefficient (Wildman–Crippen LogP) is 5.35. The summed E-state index contributed by atoms with van der Waals surface area (Å²) in [5, 5.41) is 3.03. The zero-order valence-corrected chi connectivity index (χ0v) is 19.2. The lowest BCUT2D eigenvalue weighted by Gasteiger charge is -2.25. The van der Waals surface area contributed by atoms with Crippen molar-refractivity contribution in [2.75, 3.05) is 13.1 Å². The first kappa shape index (κ1) is 23.7. The van der Waals surface area contributed by atoms with Crippen LogP contribution in [-0.2, 0) is 10.2 Å². The fraction of sp³-hybridized carbons (Fsp3) is 0.462. The van der Waals surface area contributed by atoms with E-state index in [-0.39, 0.29) is 29.7 Å². The van der Waals surface area contributed by atoms with Gasteiger partial charge in [0.25, 0.3) is 5.91 Å². The number of hydrogen-bond donors (Lipinski definition) is 1. The maximum absolute atomic E-state index is 13.1. The van der Waals surface area contributed by atoms with Gasteiger partial charge in [0, 0.05) is 25.1 Å². The Morgan fingerprint density at radius 1 is 0.933 bits per heavy atom. The van der Waals surface area contributed by atoms with Crippen LogP contribution in [0.3, 0.4) is 0 Å². The molecule has 2 aromatic rings. The van der Waals surface area contributed by atoms with E-state index >= 15 is 0 Å². The van der Waals surface area contributed by atoms with Gasteiger partial charge in [-0.1, -0.05) is 77.1 Å². The summed E-state index contributed by atoms with van der Waals surface area (Å²) >= 11 is 0. The number of benzene rings is 2. The van der Waals surface area contributed by atoms with Gasteiger partial charge in [0.2, 0.25) is 5.91 Å². The van der Waals surface area contributed by atoms with Crippen molar-refractivity contribution in [3.8, 4) is 0 Å². The van der Waals surface area contributed by atoms with Crippen LogP contribution in [0.1, 0.15) is 75.5 Å². The number of carbonyl (C=O) groups is 2. The Morgan fingerprint density at radius 2 is 1.53 bits per heavy atom. The van der Waals surface area contributed by atoms with Crippen LogP contribution in [0.25, 0.3) is 0 Å². The lowest BCUT2D eigenvalue weighted by molar-refractivity contribution is -0.121. The van der Waals surface area contributed by atoms with Crippen LogP contribution in [0.2, 0.25) is 0 Å². The highest BCUT2D eigenvalue weighted by molar-refractivity contribution is 5.94. The molecule has 4 nitrogen and oxygen atoms in total. The van der Waals surface area contributed by atoms with Gasteiger partial charge in [-0.25, -0.2) is 0 Å². The second kappa shape index (κ2) is 10.4. The fourth-order valence-corrected chi connectivity index (χ4v) is 3.39. The van der Waals surface area contributed by atoms with Crippen LogP contribution < -0.4 is 5.32 Å².